The number of ether oxygens (including phenoxy) is 1. The number of aryl methyl sites for hydroxylation is 2. The van der Waals surface area contributed by atoms with Gasteiger partial charge in [0, 0.05) is 18.7 Å². The molecule has 0 unspecified atom stereocenters. The van der Waals surface area contributed by atoms with E-state index in [-0.39, 0.29) is 11.6 Å². The van der Waals surface area contributed by atoms with Crippen molar-refractivity contribution < 1.29 is 18.3 Å². The molecule has 0 bridgehead atoms. The lowest BCUT2D eigenvalue weighted by Crippen LogP contribution is -2.15. The van der Waals surface area contributed by atoms with Crippen LogP contribution in [0.15, 0.2) is 28.9 Å². The van der Waals surface area contributed by atoms with Gasteiger partial charge < -0.3 is 14.5 Å². The highest BCUT2D eigenvalue weighted by Gasteiger charge is 2.15. The Bertz CT molecular complexity index is 626. The van der Waals surface area contributed by atoms with Crippen LogP contribution in [0.3, 0.4) is 0 Å². The van der Waals surface area contributed by atoms with E-state index >= 15 is 0 Å². The SMILES string of the molecule is COC(=O)c1occc1CNCc1cc(C)c(F)c(C)c1. The van der Waals surface area contributed by atoms with Gasteiger partial charge in [0.2, 0.25) is 5.76 Å². The number of nitrogens with one attached hydrogen (secondary N) is 1. The summed E-state index contributed by atoms with van der Waals surface area (Å²) in [6, 6.07) is 5.35. The molecule has 0 radical (unpaired) electrons. The van der Waals surface area contributed by atoms with Crippen molar-refractivity contribution in [3.8, 4) is 0 Å². The van der Waals surface area contributed by atoms with E-state index in [9.17, 15) is 9.18 Å². The Labute approximate surface area is 122 Å². The van der Waals surface area contributed by atoms with Gasteiger partial charge in [-0.2, -0.15) is 0 Å². The lowest BCUT2D eigenvalue weighted by molar-refractivity contribution is 0.0563. The minimum atomic E-state index is -0.495. The highest BCUT2D eigenvalue weighted by molar-refractivity contribution is 5.87. The van der Waals surface area contributed by atoms with Crippen molar-refractivity contribution in [1.82, 2.24) is 5.32 Å². The van der Waals surface area contributed by atoms with E-state index in [4.69, 9.17) is 4.42 Å². The number of hydrogen-bond acceptors (Lipinski definition) is 4. The van der Waals surface area contributed by atoms with Crippen LogP contribution in [0.25, 0.3) is 0 Å². The molecule has 0 aliphatic heterocycles. The van der Waals surface area contributed by atoms with Crippen LogP contribution in [0.2, 0.25) is 0 Å². The van der Waals surface area contributed by atoms with Crippen LogP contribution in [0, 0.1) is 19.7 Å². The molecule has 5 heteroatoms. The number of methoxy groups -OCH3 is 1. The van der Waals surface area contributed by atoms with Gasteiger partial charge in [-0.1, -0.05) is 12.1 Å². The molecule has 0 spiro atoms. The summed E-state index contributed by atoms with van der Waals surface area (Å²) in [5.74, 6) is -0.455. The van der Waals surface area contributed by atoms with E-state index in [0.29, 0.717) is 24.2 Å². The molecule has 0 saturated carbocycles. The van der Waals surface area contributed by atoms with E-state index in [1.165, 1.54) is 13.4 Å². The minimum absolute atomic E-state index is 0.165. The molecule has 0 aliphatic carbocycles. The van der Waals surface area contributed by atoms with Crippen LogP contribution in [0.4, 0.5) is 4.39 Å². The molecular formula is C16H18FNO3. The van der Waals surface area contributed by atoms with Gasteiger partial charge in [0.15, 0.2) is 0 Å². The Balaban J connectivity index is 1.99. The van der Waals surface area contributed by atoms with Crippen LogP contribution in [0.5, 0.6) is 0 Å². The second kappa shape index (κ2) is 6.54. The Morgan fingerprint density at radius 2 is 1.95 bits per heavy atom. The number of carbonyl (C=O) groups excluding carboxylic acids is 1. The van der Waals surface area contributed by atoms with E-state index in [1.54, 1.807) is 19.9 Å². The maximum absolute atomic E-state index is 13.6. The standard InChI is InChI=1S/C16H18FNO3/c1-10-6-12(7-11(2)14(10)17)8-18-9-13-4-5-21-15(13)16(19)20-3/h4-7,18H,8-9H2,1-3H3. The number of benzene rings is 1. The molecule has 0 saturated heterocycles. The molecule has 1 heterocycles. The highest BCUT2D eigenvalue weighted by atomic mass is 19.1. The fourth-order valence-electron chi connectivity index (χ4n) is 2.23. The summed E-state index contributed by atoms with van der Waals surface area (Å²) in [5.41, 5.74) is 2.99. The largest absolute Gasteiger partial charge is 0.463 e. The normalized spacial score (nSPS) is 10.7. The van der Waals surface area contributed by atoms with Gasteiger partial charge >= 0.3 is 5.97 Å². The average molecular weight is 291 g/mol. The van der Waals surface area contributed by atoms with E-state index in [0.717, 1.165) is 11.1 Å². The van der Waals surface area contributed by atoms with Crippen molar-refractivity contribution in [2.24, 2.45) is 0 Å². The third-order valence-corrected chi connectivity index (χ3v) is 3.26. The minimum Gasteiger partial charge on any atom is -0.463 e. The zero-order valence-electron chi connectivity index (χ0n) is 12.3. The Morgan fingerprint density at radius 3 is 2.57 bits per heavy atom. The average Bonchev–Trinajstić information content (AvgIpc) is 2.92. The predicted molar refractivity (Wildman–Crippen MR) is 76.5 cm³/mol. The lowest BCUT2D eigenvalue weighted by Gasteiger charge is -2.08. The van der Waals surface area contributed by atoms with Crippen molar-refractivity contribution >= 4 is 5.97 Å². The number of rotatable bonds is 5. The molecule has 112 valence electrons. The fraction of sp³-hybridized carbons (Fsp3) is 0.312. The summed E-state index contributed by atoms with van der Waals surface area (Å²) in [6.07, 6.45) is 1.45. The number of esters is 1. The first-order chi connectivity index (χ1) is 10.0. The van der Waals surface area contributed by atoms with E-state index < -0.39 is 5.97 Å². The smallest absolute Gasteiger partial charge is 0.374 e. The Morgan fingerprint density at radius 1 is 1.29 bits per heavy atom. The molecule has 2 rings (SSSR count). The summed E-state index contributed by atoms with van der Waals surface area (Å²) < 4.78 is 23.3. The first-order valence-corrected chi connectivity index (χ1v) is 6.64. The van der Waals surface area contributed by atoms with E-state index in [2.05, 4.69) is 10.1 Å². The number of halogens is 1. The number of furan rings is 1. The maximum Gasteiger partial charge on any atom is 0.374 e. The summed E-state index contributed by atoms with van der Waals surface area (Å²) in [7, 11) is 1.31. The molecule has 0 atom stereocenters. The third kappa shape index (κ3) is 3.49. The molecule has 1 N–H and O–H groups in total. The number of carbonyl (C=O) groups is 1. The molecule has 0 aliphatic rings. The van der Waals surface area contributed by atoms with Crippen LogP contribution < -0.4 is 5.32 Å². The topological polar surface area (TPSA) is 51.5 Å². The van der Waals surface area contributed by atoms with Crippen LogP contribution in [0.1, 0.15) is 32.8 Å². The molecular weight excluding hydrogens is 273 g/mol. The summed E-state index contributed by atoms with van der Waals surface area (Å²) in [4.78, 5) is 11.5. The van der Waals surface area contributed by atoms with Crippen molar-refractivity contribution in [2.75, 3.05) is 7.11 Å². The maximum atomic E-state index is 13.6. The third-order valence-electron chi connectivity index (χ3n) is 3.26. The van der Waals surface area contributed by atoms with Crippen molar-refractivity contribution in [3.05, 3.63) is 58.3 Å². The van der Waals surface area contributed by atoms with Crippen LogP contribution in [-0.4, -0.2) is 13.1 Å². The van der Waals surface area contributed by atoms with Gasteiger partial charge in [0.25, 0.3) is 0 Å². The van der Waals surface area contributed by atoms with Crippen LogP contribution in [-0.2, 0) is 17.8 Å². The molecule has 21 heavy (non-hydrogen) atoms. The van der Waals surface area contributed by atoms with Crippen molar-refractivity contribution in [3.63, 3.8) is 0 Å². The lowest BCUT2D eigenvalue weighted by atomic mass is 10.1. The molecule has 4 nitrogen and oxygen atoms in total. The molecule has 1 aromatic heterocycles. The van der Waals surface area contributed by atoms with Crippen LogP contribution >= 0.6 is 0 Å². The Kier molecular flexibility index (Phi) is 4.75. The zero-order chi connectivity index (χ0) is 15.4. The summed E-state index contributed by atoms with van der Waals surface area (Å²) >= 11 is 0. The molecule has 2 aromatic rings. The monoisotopic (exact) mass is 291 g/mol. The van der Waals surface area contributed by atoms with Gasteiger partial charge in [0.05, 0.1) is 13.4 Å². The quantitative estimate of drug-likeness (QED) is 0.860. The van der Waals surface area contributed by atoms with Gasteiger partial charge in [-0.3, -0.25) is 0 Å². The van der Waals surface area contributed by atoms with Gasteiger partial charge in [-0.25, -0.2) is 9.18 Å². The molecule has 1 aromatic carbocycles. The molecule has 0 amide bonds. The van der Waals surface area contributed by atoms with Gasteiger partial charge in [-0.05, 0) is 36.6 Å². The highest BCUT2D eigenvalue weighted by Crippen LogP contribution is 2.15. The first kappa shape index (κ1) is 15.3. The van der Waals surface area contributed by atoms with Gasteiger partial charge in [-0.15, -0.1) is 0 Å². The second-order valence-electron chi connectivity index (χ2n) is 4.91. The summed E-state index contributed by atoms with van der Waals surface area (Å²) in [5, 5.41) is 3.21. The van der Waals surface area contributed by atoms with Crippen molar-refractivity contribution in [1.29, 1.82) is 0 Å². The zero-order valence-corrected chi connectivity index (χ0v) is 12.3. The fourth-order valence-corrected chi connectivity index (χ4v) is 2.23. The number of hydrogen-bond donors (Lipinski definition) is 1. The van der Waals surface area contributed by atoms with E-state index in [1.807, 2.05) is 12.1 Å². The summed E-state index contributed by atoms with van der Waals surface area (Å²) in [6.45, 7) is 4.54. The molecule has 0 fully saturated rings. The van der Waals surface area contributed by atoms with Gasteiger partial charge in [0.1, 0.15) is 5.82 Å². The second-order valence-corrected chi connectivity index (χ2v) is 4.91. The Hall–Kier alpha value is -2.14. The predicted octanol–water partition coefficient (Wildman–Crippen LogP) is 3.11. The first-order valence-electron chi connectivity index (χ1n) is 6.64. The van der Waals surface area contributed by atoms with Crippen molar-refractivity contribution in [2.45, 2.75) is 26.9 Å².